The lowest BCUT2D eigenvalue weighted by Gasteiger charge is -2.21. The quantitative estimate of drug-likeness (QED) is 0.681. The molecule has 1 aromatic heterocycles. The molecule has 0 N–H and O–H groups in total. The zero-order valence-corrected chi connectivity index (χ0v) is 14.9. The van der Waals surface area contributed by atoms with Gasteiger partial charge in [0, 0.05) is 30.8 Å². The van der Waals surface area contributed by atoms with E-state index in [0.717, 1.165) is 42.4 Å². The molecule has 0 spiro atoms. The average molecular weight is 349 g/mol. The molecule has 0 bridgehead atoms. The lowest BCUT2D eigenvalue weighted by atomic mass is 10.0. The molecule has 5 nitrogen and oxygen atoms in total. The molecule has 2 unspecified atom stereocenters. The second-order valence-corrected chi connectivity index (χ2v) is 6.57. The predicted molar refractivity (Wildman–Crippen MR) is 101 cm³/mol. The Morgan fingerprint density at radius 2 is 1.77 bits per heavy atom. The lowest BCUT2D eigenvalue weighted by molar-refractivity contribution is 0.0310. The summed E-state index contributed by atoms with van der Waals surface area (Å²) in [5, 5.41) is 4.80. The van der Waals surface area contributed by atoms with Gasteiger partial charge in [-0.3, -0.25) is 0 Å². The zero-order valence-electron chi connectivity index (χ0n) is 14.9. The Morgan fingerprint density at radius 3 is 2.38 bits per heavy atom. The SMILES string of the molecule is COC(Cn1nc(-c2ccccc2)nc1-c1ccccc1)C1CCOC1. The summed E-state index contributed by atoms with van der Waals surface area (Å²) in [5.41, 5.74) is 2.07. The summed E-state index contributed by atoms with van der Waals surface area (Å²) in [5.74, 6) is 2.00. The van der Waals surface area contributed by atoms with E-state index in [-0.39, 0.29) is 6.10 Å². The maximum absolute atomic E-state index is 5.78. The molecule has 5 heteroatoms. The van der Waals surface area contributed by atoms with Gasteiger partial charge in [0.15, 0.2) is 11.6 Å². The monoisotopic (exact) mass is 349 g/mol. The fraction of sp³-hybridized carbons (Fsp3) is 0.333. The van der Waals surface area contributed by atoms with E-state index in [1.165, 1.54) is 0 Å². The smallest absolute Gasteiger partial charge is 0.181 e. The molecule has 2 heterocycles. The van der Waals surface area contributed by atoms with Gasteiger partial charge in [-0.05, 0) is 6.42 Å². The highest BCUT2D eigenvalue weighted by atomic mass is 16.5. The first-order valence-electron chi connectivity index (χ1n) is 9.01. The van der Waals surface area contributed by atoms with Crippen LogP contribution in [0, 0.1) is 5.92 Å². The van der Waals surface area contributed by atoms with Crippen molar-refractivity contribution in [1.82, 2.24) is 14.8 Å². The van der Waals surface area contributed by atoms with Crippen LogP contribution in [0.3, 0.4) is 0 Å². The van der Waals surface area contributed by atoms with Crippen molar-refractivity contribution in [3.63, 3.8) is 0 Å². The van der Waals surface area contributed by atoms with Crippen LogP contribution in [0.25, 0.3) is 22.8 Å². The molecule has 0 radical (unpaired) electrons. The highest BCUT2D eigenvalue weighted by Gasteiger charge is 2.27. The minimum Gasteiger partial charge on any atom is -0.381 e. The third kappa shape index (κ3) is 3.54. The van der Waals surface area contributed by atoms with Gasteiger partial charge in [-0.25, -0.2) is 9.67 Å². The largest absolute Gasteiger partial charge is 0.381 e. The Bertz CT molecular complexity index is 827. The second kappa shape index (κ2) is 7.81. The normalized spacial score (nSPS) is 18.1. The minimum absolute atomic E-state index is 0.0604. The van der Waals surface area contributed by atoms with Gasteiger partial charge in [-0.2, -0.15) is 5.10 Å². The number of nitrogens with zero attached hydrogens (tertiary/aromatic N) is 3. The van der Waals surface area contributed by atoms with Gasteiger partial charge in [0.2, 0.25) is 0 Å². The molecule has 26 heavy (non-hydrogen) atoms. The van der Waals surface area contributed by atoms with Crippen molar-refractivity contribution >= 4 is 0 Å². The summed E-state index contributed by atoms with van der Waals surface area (Å²) in [6.45, 7) is 2.22. The number of methoxy groups -OCH3 is 1. The van der Waals surface area contributed by atoms with Gasteiger partial charge >= 0.3 is 0 Å². The van der Waals surface area contributed by atoms with Crippen LogP contribution in [-0.4, -0.2) is 41.2 Å². The van der Waals surface area contributed by atoms with E-state index >= 15 is 0 Å². The molecular formula is C21H23N3O2. The Kier molecular flexibility index (Phi) is 5.09. The summed E-state index contributed by atoms with van der Waals surface area (Å²) >= 11 is 0. The Hall–Kier alpha value is -2.50. The number of ether oxygens (including phenoxy) is 2. The van der Waals surface area contributed by atoms with Crippen molar-refractivity contribution in [2.75, 3.05) is 20.3 Å². The van der Waals surface area contributed by atoms with Crippen molar-refractivity contribution in [3.8, 4) is 22.8 Å². The first kappa shape index (κ1) is 16.9. The third-order valence-corrected chi connectivity index (χ3v) is 4.88. The maximum atomic E-state index is 5.78. The van der Waals surface area contributed by atoms with Crippen molar-refractivity contribution in [2.24, 2.45) is 5.92 Å². The van der Waals surface area contributed by atoms with Crippen LogP contribution >= 0.6 is 0 Å². The summed E-state index contributed by atoms with van der Waals surface area (Å²) in [7, 11) is 1.76. The third-order valence-electron chi connectivity index (χ3n) is 4.88. The van der Waals surface area contributed by atoms with Crippen LogP contribution in [0.2, 0.25) is 0 Å². The van der Waals surface area contributed by atoms with Crippen LogP contribution < -0.4 is 0 Å². The van der Waals surface area contributed by atoms with Gasteiger partial charge < -0.3 is 9.47 Å². The average Bonchev–Trinajstić information content (AvgIpc) is 3.37. The van der Waals surface area contributed by atoms with Crippen molar-refractivity contribution in [3.05, 3.63) is 60.7 Å². The van der Waals surface area contributed by atoms with Crippen molar-refractivity contribution in [1.29, 1.82) is 0 Å². The molecule has 134 valence electrons. The van der Waals surface area contributed by atoms with E-state index in [9.17, 15) is 0 Å². The van der Waals surface area contributed by atoms with Crippen molar-refractivity contribution < 1.29 is 9.47 Å². The standard InChI is InChI=1S/C21H23N3O2/c1-25-19(18-12-13-26-15-18)14-24-21(17-10-6-3-7-11-17)22-20(23-24)16-8-4-2-5-9-16/h2-11,18-19H,12-15H2,1H3. The molecule has 1 fully saturated rings. The molecule has 0 amide bonds. The number of rotatable bonds is 6. The molecule has 3 aromatic rings. The van der Waals surface area contributed by atoms with Gasteiger partial charge in [0.05, 0.1) is 19.3 Å². The molecule has 0 aliphatic carbocycles. The van der Waals surface area contributed by atoms with E-state index < -0.39 is 0 Å². The molecule has 1 saturated heterocycles. The Labute approximate surface area is 153 Å². The van der Waals surface area contributed by atoms with E-state index in [1.807, 2.05) is 53.2 Å². The number of hydrogen-bond acceptors (Lipinski definition) is 4. The zero-order chi connectivity index (χ0) is 17.8. The van der Waals surface area contributed by atoms with Crippen LogP contribution in [0.4, 0.5) is 0 Å². The fourth-order valence-electron chi connectivity index (χ4n) is 3.41. The maximum Gasteiger partial charge on any atom is 0.181 e. The fourth-order valence-corrected chi connectivity index (χ4v) is 3.41. The van der Waals surface area contributed by atoms with E-state index in [4.69, 9.17) is 19.6 Å². The van der Waals surface area contributed by atoms with Crippen LogP contribution in [0.5, 0.6) is 0 Å². The summed E-state index contributed by atoms with van der Waals surface area (Å²) < 4.78 is 13.3. The minimum atomic E-state index is 0.0604. The van der Waals surface area contributed by atoms with Crippen LogP contribution in [-0.2, 0) is 16.0 Å². The van der Waals surface area contributed by atoms with E-state index in [2.05, 4.69) is 12.1 Å². The topological polar surface area (TPSA) is 49.2 Å². The molecule has 1 aliphatic heterocycles. The summed E-state index contributed by atoms with van der Waals surface area (Å²) in [4.78, 5) is 4.83. The summed E-state index contributed by atoms with van der Waals surface area (Å²) in [6.07, 6.45) is 1.09. The van der Waals surface area contributed by atoms with Crippen molar-refractivity contribution in [2.45, 2.75) is 19.1 Å². The van der Waals surface area contributed by atoms with Gasteiger partial charge in [-0.15, -0.1) is 0 Å². The number of aromatic nitrogens is 3. The lowest BCUT2D eigenvalue weighted by Crippen LogP contribution is -2.29. The molecule has 2 atom stereocenters. The first-order valence-corrected chi connectivity index (χ1v) is 9.01. The highest BCUT2D eigenvalue weighted by Crippen LogP contribution is 2.25. The van der Waals surface area contributed by atoms with Gasteiger partial charge in [0.1, 0.15) is 0 Å². The van der Waals surface area contributed by atoms with Gasteiger partial charge in [-0.1, -0.05) is 60.7 Å². The van der Waals surface area contributed by atoms with Crippen LogP contribution in [0.1, 0.15) is 6.42 Å². The Balaban J connectivity index is 1.70. The first-order chi connectivity index (χ1) is 12.8. The Morgan fingerprint density at radius 1 is 1.08 bits per heavy atom. The van der Waals surface area contributed by atoms with E-state index in [1.54, 1.807) is 7.11 Å². The molecule has 4 rings (SSSR count). The second-order valence-electron chi connectivity index (χ2n) is 6.57. The number of hydrogen-bond donors (Lipinski definition) is 0. The number of benzene rings is 2. The summed E-state index contributed by atoms with van der Waals surface area (Å²) in [6, 6.07) is 20.3. The predicted octanol–water partition coefficient (Wildman–Crippen LogP) is 3.66. The van der Waals surface area contributed by atoms with Gasteiger partial charge in [0.25, 0.3) is 0 Å². The molecule has 1 aliphatic rings. The molecule has 2 aromatic carbocycles. The molecular weight excluding hydrogens is 326 g/mol. The van der Waals surface area contributed by atoms with E-state index in [0.29, 0.717) is 12.5 Å². The highest BCUT2D eigenvalue weighted by molar-refractivity contribution is 5.61. The van der Waals surface area contributed by atoms with Crippen LogP contribution in [0.15, 0.2) is 60.7 Å². The molecule has 0 saturated carbocycles.